The highest BCUT2D eigenvalue weighted by Gasteiger charge is 2.23. The molecule has 4 nitrogen and oxygen atoms in total. The van der Waals surface area contributed by atoms with E-state index in [2.05, 4.69) is 5.32 Å². The van der Waals surface area contributed by atoms with Gasteiger partial charge in [-0.15, -0.1) is 11.3 Å². The van der Waals surface area contributed by atoms with Crippen molar-refractivity contribution < 1.29 is 14.6 Å². The Bertz CT molecular complexity index is 615. The van der Waals surface area contributed by atoms with Crippen LogP contribution in [0.1, 0.15) is 30.2 Å². The summed E-state index contributed by atoms with van der Waals surface area (Å²) in [4.78, 5) is 13.8. The van der Waals surface area contributed by atoms with Gasteiger partial charge in [-0.2, -0.15) is 0 Å². The Morgan fingerprint density at radius 3 is 2.52 bits per heavy atom. The Morgan fingerprint density at radius 2 is 2.00 bits per heavy atom. The van der Waals surface area contributed by atoms with Crippen LogP contribution in [0.25, 0.3) is 0 Å². The van der Waals surface area contributed by atoms with Crippen LogP contribution in [0.2, 0.25) is 0 Å². The molecule has 1 aromatic heterocycles. The van der Waals surface area contributed by atoms with E-state index in [9.17, 15) is 9.90 Å². The minimum Gasteiger partial charge on any atom is -0.497 e. The van der Waals surface area contributed by atoms with E-state index in [1.54, 1.807) is 32.3 Å². The number of thiophene rings is 1. The van der Waals surface area contributed by atoms with Gasteiger partial charge in [-0.1, -0.05) is 18.2 Å². The van der Waals surface area contributed by atoms with Crippen LogP contribution in [0.4, 0.5) is 0 Å². The van der Waals surface area contributed by atoms with Crippen molar-refractivity contribution in [2.45, 2.75) is 31.8 Å². The van der Waals surface area contributed by atoms with Crippen molar-refractivity contribution in [2.75, 3.05) is 13.7 Å². The van der Waals surface area contributed by atoms with Gasteiger partial charge >= 0.3 is 0 Å². The number of hydrogen-bond donors (Lipinski definition) is 2. The number of carbonyl (C=O) groups excluding carboxylic acids is 1. The molecule has 124 valence electrons. The van der Waals surface area contributed by atoms with E-state index < -0.39 is 5.60 Å². The lowest BCUT2D eigenvalue weighted by atomic mass is 9.93. The van der Waals surface area contributed by atoms with Crippen molar-refractivity contribution in [3.63, 3.8) is 0 Å². The molecule has 0 aliphatic heterocycles. The number of benzene rings is 1. The molecule has 0 radical (unpaired) electrons. The molecule has 0 aliphatic rings. The van der Waals surface area contributed by atoms with Crippen LogP contribution >= 0.6 is 11.3 Å². The molecule has 23 heavy (non-hydrogen) atoms. The molecule has 0 spiro atoms. The Balaban J connectivity index is 2.18. The van der Waals surface area contributed by atoms with Crippen molar-refractivity contribution >= 4 is 17.2 Å². The van der Waals surface area contributed by atoms with Gasteiger partial charge in [0.1, 0.15) is 5.75 Å². The van der Waals surface area contributed by atoms with Crippen LogP contribution in [0.15, 0.2) is 41.8 Å². The molecule has 1 unspecified atom stereocenters. The van der Waals surface area contributed by atoms with Gasteiger partial charge in [0.15, 0.2) is 0 Å². The van der Waals surface area contributed by atoms with E-state index in [-0.39, 0.29) is 18.4 Å². The lowest BCUT2D eigenvalue weighted by Crippen LogP contribution is -2.40. The third-order valence-electron chi connectivity index (χ3n) is 3.52. The fourth-order valence-electron chi connectivity index (χ4n) is 2.25. The van der Waals surface area contributed by atoms with Gasteiger partial charge in [-0.25, -0.2) is 0 Å². The molecular formula is C18H23NO3S. The van der Waals surface area contributed by atoms with Crippen LogP contribution < -0.4 is 10.1 Å². The van der Waals surface area contributed by atoms with Crippen molar-refractivity contribution in [1.29, 1.82) is 0 Å². The monoisotopic (exact) mass is 333 g/mol. The number of nitrogens with one attached hydrogen (secondary N) is 1. The lowest BCUT2D eigenvalue weighted by molar-refractivity contribution is -0.123. The SMILES string of the molecule is COc1ccc(C(Cc2cccs2)C(=O)NCC(C)(C)O)cc1. The minimum atomic E-state index is -0.928. The quantitative estimate of drug-likeness (QED) is 0.819. The van der Waals surface area contributed by atoms with E-state index in [4.69, 9.17) is 4.74 Å². The molecule has 0 bridgehead atoms. The molecule has 2 rings (SSSR count). The van der Waals surface area contributed by atoms with Crippen LogP contribution in [0.3, 0.4) is 0 Å². The molecule has 0 fully saturated rings. The first-order chi connectivity index (χ1) is 10.9. The molecule has 0 saturated carbocycles. The summed E-state index contributed by atoms with van der Waals surface area (Å²) in [7, 11) is 1.62. The van der Waals surface area contributed by atoms with Gasteiger partial charge in [0.25, 0.3) is 0 Å². The number of aliphatic hydroxyl groups is 1. The predicted octanol–water partition coefficient (Wildman–Crippen LogP) is 2.97. The first-order valence-corrected chi connectivity index (χ1v) is 8.43. The van der Waals surface area contributed by atoms with E-state index >= 15 is 0 Å². The van der Waals surface area contributed by atoms with E-state index in [0.717, 1.165) is 16.2 Å². The fourth-order valence-corrected chi connectivity index (χ4v) is 3.01. The number of amides is 1. The lowest BCUT2D eigenvalue weighted by Gasteiger charge is -2.21. The minimum absolute atomic E-state index is 0.0781. The zero-order valence-corrected chi connectivity index (χ0v) is 14.5. The Morgan fingerprint density at radius 1 is 1.30 bits per heavy atom. The Kier molecular flexibility index (Phi) is 5.80. The molecule has 5 heteroatoms. The number of ether oxygens (including phenoxy) is 1. The summed E-state index contributed by atoms with van der Waals surface area (Å²) in [5, 5.41) is 14.7. The number of methoxy groups -OCH3 is 1. The second-order valence-electron chi connectivity index (χ2n) is 6.14. The average Bonchev–Trinajstić information content (AvgIpc) is 3.03. The van der Waals surface area contributed by atoms with Crippen LogP contribution in [0.5, 0.6) is 5.75 Å². The number of carbonyl (C=O) groups is 1. The van der Waals surface area contributed by atoms with Gasteiger partial charge in [-0.3, -0.25) is 4.79 Å². The summed E-state index contributed by atoms with van der Waals surface area (Å²) in [6, 6.07) is 11.6. The third-order valence-corrected chi connectivity index (χ3v) is 4.41. The highest BCUT2D eigenvalue weighted by atomic mass is 32.1. The molecule has 1 aromatic carbocycles. The van der Waals surface area contributed by atoms with E-state index in [1.807, 2.05) is 41.8 Å². The molecule has 1 amide bonds. The number of hydrogen-bond acceptors (Lipinski definition) is 4. The summed E-state index contributed by atoms with van der Waals surface area (Å²) in [6.07, 6.45) is 0.641. The maximum Gasteiger partial charge on any atom is 0.228 e. The maximum atomic E-state index is 12.6. The van der Waals surface area contributed by atoms with E-state index in [1.165, 1.54) is 0 Å². The summed E-state index contributed by atoms with van der Waals surface area (Å²) in [5.74, 6) is 0.396. The van der Waals surface area contributed by atoms with Gasteiger partial charge in [-0.05, 0) is 49.4 Å². The molecular weight excluding hydrogens is 310 g/mol. The normalized spacial score (nSPS) is 12.7. The Labute approximate surface area is 141 Å². The van der Waals surface area contributed by atoms with Crippen molar-refractivity contribution in [2.24, 2.45) is 0 Å². The average molecular weight is 333 g/mol. The molecule has 0 aliphatic carbocycles. The predicted molar refractivity (Wildman–Crippen MR) is 93.1 cm³/mol. The van der Waals surface area contributed by atoms with Gasteiger partial charge < -0.3 is 15.2 Å². The summed E-state index contributed by atoms with van der Waals surface area (Å²) in [6.45, 7) is 3.58. The maximum absolute atomic E-state index is 12.6. The van der Waals surface area contributed by atoms with Crippen molar-refractivity contribution in [1.82, 2.24) is 5.32 Å². The topological polar surface area (TPSA) is 58.6 Å². The van der Waals surface area contributed by atoms with Crippen LogP contribution in [0, 0.1) is 0 Å². The first kappa shape index (κ1) is 17.5. The second-order valence-corrected chi connectivity index (χ2v) is 7.17. The van der Waals surface area contributed by atoms with Gasteiger partial charge in [0.2, 0.25) is 5.91 Å². The number of rotatable bonds is 7. The fraction of sp³-hybridized carbons (Fsp3) is 0.389. The van der Waals surface area contributed by atoms with Gasteiger partial charge in [0.05, 0.1) is 18.6 Å². The highest BCUT2D eigenvalue weighted by Crippen LogP contribution is 2.25. The summed E-state index contributed by atoms with van der Waals surface area (Å²) in [5.41, 5.74) is 0.00992. The van der Waals surface area contributed by atoms with Crippen molar-refractivity contribution in [3.8, 4) is 5.75 Å². The molecule has 0 saturated heterocycles. The standard InChI is InChI=1S/C18H23NO3S/c1-18(2,21)12-19-17(20)16(11-15-5-4-10-23-15)13-6-8-14(22-3)9-7-13/h4-10,16,21H,11-12H2,1-3H3,(H,19,20). The van der Waals surface area contributed by atoms with Crippen LogP contribution in [-0.4, -0.2) is 30.3 Å². The smallest absolute Gasteiger partial charge is 0.228 e. The largest absolute Gasteiger partial charge is 0.497 e. The first-order valence-electron chi connectivity index (χ1n) is 7.55. The van der Waals surface area contributed by atoms with Crippen molar-refractivity contribution in [3.05, 3.63) is 52.2 Å². The zero-order chi connectivity index (χ0) is 16.9. The van der Waals surface area contributed by atoms with Gasteiger partial charge in [0, 0.05) is 11.4 Å². The van der Waals surface area contributed by atoms with E-state index in [0.29, 0.717) is 6.42 Å². The Hall–Kier alpha value is -1.85. The second kappa shape index (κ2) is 7.62. The highest BCUT2D eigenvalue weighted by molar-refractivity contribution is 7.09. The zero-order valence-electron chi connectivity index (χ0n) is 13.7. The summed E-state index contributed by atoms with van der Waals surface area (Å²) < 4.78 is 5.18. The molecule has 1 atom stereocenters. The molecule has 1 heterocycles. The molecule has 2 N–H and O–H groups in total. The molecule has 2 aromatic rings. The summed E-state index contributed by atoms with van der Waals surface area (Å²) >= 11 is 1.64. The van der Waals surface area contributed by atoms with Crippen LogP contribution in [-0.2, 0) is 11.2 Å². The third kappa shape index (κ3) is 5.37.